The SMILES string of the molecule is C[C@H]1CN(C(=O)C2CCO2)Cc2cc(-c3ccnc4ccsc34)nn21. The number of hydrogen-bond acceptors (Lipinski definition) is 5. The second-order valence-corrected chi connectivity index (χ2v) is 7.59. The first-order valence-corrected chi connectivity index (χ1v) is 9.40. The van der Waals surface area contributed by atoms with Gasteiger partial charge < -0.3 is 9.64 Å². The number of ether oxygens (including phenoxy) is 1. The molecule has 3 aromatic heterocycles. The largest absolute Gasteiger partial charge is 0.368 e. The minimum Gasteiger partial charge on any atom is -0.368 e. The maximum Gasteiger partial charge on any atom is 0.252 e. The van der Waals surface area contributed by atoms with E-state index in [2.05, 4.69) is 28.0 Å². The Morgan fingerprint density at radius 2 is 2.28 bits per heavy atom. The van der Waals surface area contributed by atoms with Gasteiger partial charge in [-0.15, -0.1) is 11.3 Å². The summed E-state index contributed by atoms with van der Waals surface area (Å²) in [4.78, 5) is 18.8. The van der Waals surface area contributed by atoms with E-state index in [0.29, 0.717) is 19.7 Å². The third-order valence-electron chi connectivity index (χ3n) is 4.97. The van der Waals surface area contributed by atoms with Gasteiger partial charge in [-0.2, -0.15) is 5.10 Å². The summed E-state index contributed by atoms with van der Waals surface area (Å²) >= 11 is 1.68. The van der Waals surface area contributed by atoms with E-state index in [9.17, 15) is 4.79 Å². The van der Waals surface area contributed by atoms with Crippen LogP contribution in [0, 0.1) is 0 Å². The molecule has 1 unspecified atom stereocenters. The Bertz CT molecular complexity index is 959. The average Bonchev–Trinajstić information content (AvgIpc) is 3.19. The fourth-order valence-corrected chi connectivity index (χ4v) is 4.47. The van der Waals surface area contributed by atoms with Crippen molar-refractivity contribution in [3.8, 4) is 11.3 Å². The second kappa shape index (κ2) is 5.64. The molecule has 3 aromatic rings. The summed E-state index contributed by atoms with van der Waals surface area (Å²) in [5.74, 6) is 0.108. The van der Waals surface area contributed by atoms with Gasteiger partial charge in [-0.1, -0.05) is 0 Å². The molecule has 0 N–H and O–H groups in total. The minimum absolute atomic E-state index is 0.108. The van der Waals surface area contributed by atoms with E-state index >= 15 is 0 Å². The molecule has 2 aliphatic heterocycles. The Balaban J connectivity index is 1.50. The minimum atomic E-state index is -0.243. The summed E-state index contributed by atoms with van der Waals surface area (Å²) in [5.41, 5.74) is 4.13. The molecule has 6 nitrogen and oxygen atoms in total. The molecule has 7 heteroatoms. The van der Waals surface area contributed by atoms with Crippen LogP contribution >= 0.6 is 11.3 Å². The van der Waals surface area contributed by atoms with Crippen LogP contribution in [0.1, 0.15) is 25.1 Å². The Kier molecular flexibility index (Phi) is 3.39. The van der Waals surface area contributed by atoms with Crippen molar-refractivity contribution in [2.24, 2.45) is 0 Å². The Morgan fingerprint density at radius 1 is 1.40 bits per heavy atom. The Labute approximate surface area is 149 Å². The fraction of sp³-hybridized carbons (Fsp3) is 0.389. The molecule has 0 spiro atoms. The third kappa shape index (κ3) is 2.38. The first-order valence-electron chi connectivity index (χ1n) is 8.52. The lowest BCUT2D eigenvalue weighted by atomic mass is 10.1. The van der Waals surface area contributed by atoms with E-state index in [1.165, 1.54) is 0 Å². The molecule has 1 saturated heterocycles. The summed E-state index contributed by atoms with van der Waals surface area (Å²) in [5, 5.41) is 6.89. The monoisotopic (exact) mass is 354 g/mol. The van der Waals surface area contributed by atoms with E-state index in [1.54, 1.807) is 11.3 Å². The zero-order valence-electron chi connectivity index (χ0n) is 13.9. The van der Waals surface area contributed by atoms with Gasteiger partial charge in [0.15, 0.2) is 0 Å². The lowest BCUT2D eigenvalue weighted by Gasteiger charge is -2.36. The van der Waals surface area contributed by atoms with Gasteiger partial charge in [0.2, 0.25) is 0 Å². The molecule has 1 fully saturated rings. The number of amides is 1. The second-order valence-electron chi connectivity index (χ2n) is 6.67. The molecule has 1 amide bonds. The number of carbonyl (C=O) groups is 1. The number of pyridine rings is 1. The van der Waals surface area contributed by atoms with Crippen molar-refractivity contribution in [1.82, 2.24) is 19.7 Å². The van der Waals surface area contributed by atoms with E-state index in [4.69, 9.17) is 9.84 Å². The Morgan fingerprint density at radius 3 is 3.08 bits per heavy atom. The van der Waals surface area contributed by atoms with Crippen LogP contribution in [0.15, 0.2) is 29.8 Å². The van der Waals surface area contributed by atoms with Gasteiger partial charge in [0, 0.05) is 24.7 Å². The molecule has 2 aliphatic rings. The first kappa shape index (κ1) is 15.0. The van der Waals surface area contributed by atoms with Crippen LogP contribution < -0.4 is 0 Å². The molecular formula is C18H18N4O2S. The molecule has 5 rings (SSSR count). The highest BCUT2D eigenvalue weighted by Gasteiger charge is 2.34. The zero-order valence-corrected chi connectivity index (χ0v) is 14.7. The number of fused-ring (bicyclic) bond motifs is 2. The van der Waals surface area contributed by atoms with E-state index in [0.717, 1.165) is 33.6 Å². The lowest BCUT2D eigenvalue weighted by molar-refractivity contribution is -0.158. The quantitative estimate of drug-likeness (QED) is 0.710. The van der Waals surface area contributed by atoms with Crippen molar-refractivity contribution in [3.05, 3.63) is 35.5 Å². The number of nitrogens with zero attached hydrogens (tertiary/aromatic N) is 4. The normalized spacial score (nSPS) is 22.7. The van der Waals surface area contributed by atoms with Gasteiger partial charge in [-0.05, 0) is 30.5 Å². The molecule has 0 aliphatic carbocycles. The maximum absolute atomic E-state index is 12.5. The number of rotatable bonds is 2. The Hall–Kier alpha value is -2.25. The molecule has 0 bridgehead atoms. The van der Waals surface area contributed by atoms with Crippen molar-refractivity contribution < 1.29 is 9.53 Å². The van der Waals surface area contributed by atoms with Crippen molar-refractivity contribution in [3.63, 3.8) is 0 Å². The molecule has 0 radical (unpaired) electrons. The number of thiophene rings is 1. The highest BCUT2D eigenvalue weighted by molar-refractivity contribution is 7.17. The average molecular weight is 354 g/mol. The van der Waals surface area contributed by atoms with Crippen LogP contribution in [0.5, 0.6) is 0 Å². The predicted molar refractivity (Wildman–Crippen MR) is 95.3 cm³/mol. The van der Waals surface area contributed by atoms with Crippen LogP contribution in [-0.2, 0) is 16.1 Å². The number of carbonyl (C=O) groups excluding carboxylic acids is 1. The van der Waals surface area contributed by atoms with Crippen LogP contribution in [0.3, 0.4) is 0 Å². The standard InChI is InChI=1S/C18H18N4O2S/c1-11-9-21(18(23)16-3-6-24-16)10-12-8-15(20-22(11)12)13-2-5-19-14-4-7-25-17(13)14/h2,4-5,7-8,11,16H,3,6,9-10H2,1H3/t11-,16?/m0/s1. The van der Waals surface area contributed by atoms with Crippen molar-refractivity contribution in [2.75, 3.05) is 13.2 Å². The molecule has 128 valence electrons. The molecule has 25 heavy (non-hydrogen) atoms. The number of hydrogen-bond donors (Lipinski definition) is 0. The van der Waals surface area contributed by atoms with Gasteiger partial charge in [-0.3, -0.25) is 14.5 Å². The predicted octanol–water partition coefficient (Wildman–Crippen LogP) is 2.85. The summed E-state index contributed by atoms with van der Waals surface area (Å²) in [7, 11) is 0. The highest BCUT2D eigenvalue weighted by atomic mass is 32.1. The van der Waals surface area contributed by atoms with Crippen LogP contribution in [-0.4, -0.2) is 44.8 Å². The van der Waals surface area contributed by atoms with Gasteiger partial charge in [0.25, 0.3) is 5.91 Å². The highest BCUT2D eigenvalue weighted by Crippen LogP contribution is 2.33. The van der Waals surface area contributed by atoms with E-state index in [-0.39, 0.29) is 18.1 Å². The van der Waals surface area contributed by atoms with Gasteiger partial charge in [0.1, 0.15) is 6.10 Å². The summed E-state index contributed by atoms with van der Waals surface area (Å²) in [6, 6.07) is 6.30. The maximum atomic E-state index is 12.5. The van der Waals surface area contributed by atoms with Crippen molar-refractivity contribution >= 4 is 27.5 Å². The third-order valence-corrected chi connectivity index (χ3v) is 5.91. The molecule has 5 heterocycles. The summed E-state index contributed by atoms with van der Waals surface area (Å²) in [6.45, 7) is 4.07. The number of aromatic nitrogens is 3. The lowest BCUT2D eigenvalue weighted by Crippen LogP contribution is -2.49. The molecule has 0 aromatic carbocycles. The van der Waals surface area contributed by atoms with E-state index < -0.39 is 0 Å². The summed E-state index contributed by atoms with van der Waals surface area (Å²) < 4.78 is 8.57. The van der Waals surface area contributed by atoms with Gasteiger partial charge in [-0.25, -0.2) is 0 Å². The van der Waals surface area contributed by atoms with Crippen molar-refractivity contribution in [2.45, 2.75) is 32.0 Å². The molecular weight excluding hydrogens is 336 g/mol. The van der Waals surface area contributed by atoms with Gasteiger partial charge >= 0.3 is 0 Å². The fourth-order valence-electron chi connectivity index (χ4n) is 3.60. The molecule has 0 saturated carbocycles. The van der Waals surface area contributed by atoms with Gasteiger partial charge in [0.05, 0.1) is 40.8 Å². The van der Waals surface area contributed by atoms with E-state index in [1.807, 2.05) is 23.2 Å². The summed E-state index contributed by atoms with van der Waals surface area (Å²) in [6.07, 6.45) is 2.42. The first-order chi connectivity index (χ1) is 12.2. The van der Waals surface area contributed by atoms with Crippen molar-refractivity contribution in [1.29, 1.82) is 0 Å². The smallest absolute Gasteiger partial charge is 0.252 e. The van der Waals surface area contributed by atoms with Crippen LogP contribution in [0.25, 0.3) is 21.5 Å². The van der Waals surface area contributed by atoms with Crippen LogP contribution in [0.2, 0.25) is 0 Å². The topological polar surface area (TPSA) is 60.3 Å². The molecule has 2 atom stereocenters. The zero-order chi connectivity index (χ0) is 17.0. The van der Waals surface area contributed by atoms with Crippen LogP contribution in [0.4, 0.5) is 0 Å².